The lowest BCUT2D eigenvalue weighted by Crippen LogP contribution is -2.10. The number of nitrogens with two attached hydrogens (primary N) is 4. The number of benzene rings is 2. The summed E-state index contributed by atoms with van der Waals surface area (Å²) in [6.45, 7) is 0. The summed E-state index contributed by atoms with van der Waals surface area (Å²) in [6, 6.07) is 20.4. The number of nitrogen functional groups attached to an aromatic ring is 2. The number of anilines is 2. The summed E-state index contributed by atoms with van der Waals surface area (Å²) < 4.78 is 12.9. The van der Waals surface area contributed by atoms with Crippen molar-refractivity contribution >= 4 is 23.5 Å². The molecule has 2 amide bonds. The number of rotatable bonds is 6. The molecule has 0 saturated heterocycles. The van der Waals surface area contributed by atoms with Crippen molar-refractivity contribution in [2.24, 2.45) is 11.5 Å². The number of halogens is 1. The first-order valence-corrected chi connectivity index (χ1v) is 13.1. The number of carbonyl (C=O) groups excluding carboxylic acids is 2. The molecule has 218 valence electrons. The summed E-state index contributed by atoms with van der Waals surface area (Å²) in [5.74, 6) is -0.710. The summed E-state index contributed by atoms with van der Waals surface area (Å²) in [5, 5.41) is 6.68. The van der Waals surface area contributed by atoms with E-state index in [1.54, 1.807) is 79.4 Å². The topological polar surface area (TPSA) is 206 Å². The molecule has 44 heavy (non-hydrogen) atoms. The van der Waals surface area contributed by atoms with Crippen molar-refractivity contribution in [1.29, 1.82) is 0 Å². The maximum absolute atomic E-state index is 12.9. The van der Waals surface area contributed by atoms with Crippen LogP contribution in [-0.4, -0.2) is 37.0 Å². The molecule has 0 aliphatic carbocycles. The van der Waals surface area contributed by atoms with Crippen molar-refractivity contribution in [3.05, 3.63) is 121 Å². The summed E-state index contributed by atoms with van der Waals surface area (Å²) in [5.41, 5.74) is 29.7. The van der Waals surface area contributed by atoms with Crippen LogP contribution < -0.4 is 22.9 Å². The number of pyridine rings is 3. The minimum Gasteiger partial charge on any atom is -0.383 e. The van der Waals surface area contributed by atoms with Crippen molar-refractivity contribution in [3.8, 4) is 44.5 Å². The molecule has 6 rings (SSSR count). The second-order valence-corrected chi connectivity index (χ2v) is 9.55. The molecule has 0 aliphatic heterocycles. The van der Waals surface area contributed by atoms with Crippen molar-refractivity contribution in [2.75, 3.05) is 11.5 Å². The molecule has 0 saturated carbocycles. The minimum atomic E-state index is -0.542. The number of aromatic amines is 1. The molecule has 4 aromatic heterocycles. The molecule has 6 aromatic rings. The molecule has 2 aromatic carbocycles. The second-order valence-electron chi connectivity index (χ2n) is 9.55. The Labute approximate surface area is 250 Å². The molecule has 12 heteroatoms. The van der Waals surface area contributed by atoms with Gasteiger partial charge in [0.15, 0.2) is 0 Å². The molecule has 4 heterocycles. The lowest BCUT2D eigenvalue weighted by Gasteiger charge is -2.09. The number of hydrogen-bond donors (Lipinski definition) is 5. The maximum atomic E-state index is 12.9. The van der Waals surface area contributed by atoms with E-state index in [1.165, 1.54) is 12.3 Å². The van der Waals surface area contributed by atoms with Crippen LogP contribution in [0.3, 0.4) is 0 Å². The zero-order valence-corrected chi connectivity index (χ0v) is 23.1. The molecule has 11 nitrogen and oxygen atoms in total. The number of H-pyrrole nitrogens is 1. The first kappa shape index (κ1) is 29.1. The predicted octanol–water partition coefficient (Wildman–Crippen LogP) is 4.45. The van der Waals surface area contributed by atoms with E-state index in [-0.39, 0.29) is 0 Å². The van der Waals surface area contributed by atoms with Gasteiger partial charge in [-0.2, -0.15) is 9.49 Å². The molecule has 0 unspecified atom stereocenters. The Morgan fingerprint density at radius 2 is 1.02 bits per heavy atom. The number of primary amides is 2. The fraction of sp³-hybridized carbons (Fsp3) is 0. The zero-order valence-electron chi connectivity index (χ0n) is 23.1. The summed E-state index contributed by atoms with van der Waals surface area (Å²) >= 11 is 0. The van der Waals surface area contributed by atoms with Crippen LogP contribution in [0.1, 0.15) is 20.7 Å². The normalized spacial score (nSPS) is 10.5. The number of aromatic nitrogens is 5. The van der Waals surface area contributed by atoms with Crippen molar-refractivity contribution in [3.63, 3.8) is 0 Å². The zero-order chi connectivity index (χ0) is 31.2. The Morgan fingerprint density at radius 3 is 1.43 bits per heavy atom. The van der Waals surface area contributed by atoms with Crippen LogP contribution in [0.25, 0.3) is 44.5 Å². The van der Waals surface area contributed by atoms with E-state index in [4.69, 9.17) is 22.9 Å². The van der Waals surface area contributed by atoms with E-state index >= 15 is 0 Å². The highest BCUT2D eigenvalue weighted by atomic mass is 19.1. The Bertz CT molecular complexity index is 1930. The van der Waals surface area contributed by atoms with Gasteiger partial charge in [-0.05, 0) is 59.7 Å². The number of nitrogens with one attached hydrogen (secondary N) is 1. The Hall–Kier alpha value is -6.43. The maximum Gasteiger partial charge on any atom is 0.248 e. The molecule has 0 aliphatic rings. The molecular formula is C32H26FN9O2. The number of carbonyl (C=O) groups is 2. The van der Waals surface area contributed by atoms with Gasteiger partial charge in [-0.3, -0.25) is 14.7 Å². The summed E-state index contributed by atoms with van der Waals surface area (Å²) in [6.07, 6.45) is 8.23. The lowest BCUT2D eigenvalue weighted by atomic mass is 10.0. The minimum absolute atomic E-state index is 0.357. The van der Waals surface area contributed by atoms with Gasteiger partial charge in [0, 0.05) is 69.3 Å². The van der Waals surface area contributed by atoms with Crippen molar-refractivity contribution < 1.29 is 14.0 Å². The smallest absolute Gasteiger partial charge is 0.248 e. The largest absolute Gasteiger partial charge is 0.383 e. The summed E-state index contributed by atoms with van der Waals surface area (Å²) in [4.78, 5) is 34.3. The van der Waals surface area contributed by atoms with Gasteiger partial charge in [0.1, 0.15) is 11.6 Å². The first-order chi connectivity index (χ1) is 21.2. The van der Waals surface area contributed by atoms with Gasteiger partial charge < -0.3 is 22.9 Å². The molecule has 0 atom stereocenters. The average molecular weight is 588 g/mol. The van der Waals surface area contributed by atoms with Crippen LogP contribution in [0.4, 0.5) is 16.0 Å². The molecule has 9 N–H and O–H groups in total. The van der Waals surface area contributed by atoms with Crippen LogP contribution in [0.15, 0.2) is 104 Å². The van der Waals surface area contributed by atoms with Gasteiger partial charge in [-0.1, -0.05) is 24.3 Å². The highest BCUT2D eigenvalue weighted by Crippen LogP contribution is 2.30. The molecular weight excluding hydrogens is 561 g/mol. The number of nitrogens with zero attached hydrogens (tertiary/aromatic N) is 4. The molecule has 0 bridgehead atoms. The van der Waals surface area contributed by atoms with E-state index in [0.717, 1.165) is 38.9 Å². The fourth-order valence-electron chi connectivity index (χ4n) is 4.31. The van der Waals surface area contributed by atoms with Crippen LogP contribution in [-0.2, 0) is 0 Å². The van der Waals surface area contributed by atoms with E-state index in [0.29, 0.717) is 28.3 Å². The third-order valence-corrected chi connectivity index (χ3v) is 6.69. The van der Waals surface area contributed by atoms with Gasteiger partial charge in [-0.25, -0.2) is 15.0 Å². The van der Waals surface area contributed by atoms with E-state index < -0.39 is 17.8 Å². The average Bonchev–Trinajstić information content (AvgIpc) is 3.58. The van der Waals surface area contributed by atoms with Crippen LogP contribution in [0, 0.1) is 5.95 Å². The van der Waals surface area contributed by atoms with E-state index in [2.05, 4.69) is 25.1 Å². The van der Waals surface area contributed by atoms with Crippen molar-refractivity contribution in [1.82, 2.24) is 25.1 Å². The lowest BCUT2D eigenvalue weighted by molar-refractivity contribution is 0.0992. The predicted molar refractivity (Wildman–Crippen MR) is 166 cm³/mol. The third-order valence-electron chi connectivity index (χ3n) is 6.69. The van der Waals surface area contributed by atoms with Crippen LogP contribution >= 0.6 is 0 Å². The van der Waals surface area contributed by atoms with Gasteiger partial charge >= 0.3 is 0 Å². The molecule has 0 spiro atoms. The van der Waals surface area contributed by atoms with E-state index in [9.17, 15) is 14.0 Å². The number of hydrogen-bond acceptors (Lipinski definition) is 8. The Balaban J connectivity index is 0.000000175. The molecule has 0 radical (unpaired) electrons. The Kier molecular flexibility index (Phi) is 8.33. The quantitative estimate of drug-likeness (QED) is 0.176. The highest BCUT2D eigenvalue weighted by molar-refractivity contribution is 5.94. The molecule has 0 fully saturated rings. The monoisotopic (exact) mass is 587 g/mol. The van der Waals surface area contributed by atoms with Gasteiger partial charge in [0.2, 0.25) is 17.8 Å². The second kappa shape index (κ2) is 12.6. The van der Waals surface area contributed by atoms with E-state index in [1.807, 2.05) is 12.1 Å². The SMILES string of the molecule is NC(=O)c1ccc(-c2cc(-c3ccc(F)nc3)cnc2N)cc1.NC(=O)c1ccc(-c2cc(-c3cn[nH]c3)cnc2N)cc1. The Morgan fingerprint density at radius 1 is 0.568 bits per heavy atom. The third kappa shape index (κ3) is 6.55. The van der Waals surface area contributed by atoms with Crippen molar-refractivity contribution in [2.45, 2.75) is 0 Å². The number of amides is 2. The van der Waals surface area contributed by atoms with Gasteiger partial charge in [-0.15, -0.1) is 0 Å². The highest BCUT2D eigenvalue weighted by Gasteiger charge is 2.10. The fourth-order valence-corrected chi connectivity index (χ4v) is 4.31. The van der Waals surface area contributed by atoms with Gasteiger partial charge in [0.25, 0.3) is 0 Å². The van der Waals surface area contributed by atoms with Crippen LogP contribution in [0.2, 0.25) is 0 Å². The standard InChI is InChI=1S/C17H13FN4O.C15H13N5O/c18-15-6-5-12(8-21-15)13-7-14(16(19)22-9-13)10-1-3-11(4-2-10)17(20)23;16-14-13(9-1-3-10(4-2-9)15(17)21)5-11(6-18-14)12-7-19-20-8-12/h1-9H,(H2,19,22)(H2,20,23);1-8H,(H2,16,18)(H2,17,21)(H,19,20). The first-order valence-electron chi connectivity index (χ1n) is 13.1. The van der Waals surface area contributed by atoms with Gasteiger partial charge in [0.05, 0.1) is 6.20 Å². The van der Waals surface area contributed by atoms with Crippen LogP contribution in [0.5, 0.6) is 0 Å². The summed E-state index contributed by atoms with van der Waals surface area (Å²) in [7, 11) is 0.